The van der Waals surface area contributed by atoms with Gasteiger partial charge in [-0.05, 0) is 67.5 Å². The van der Waals surface area contributed by atoms with Crippen molar-refractivity contribution < 1.29 is 9.21 Å². The maximum atomic E-state index is 12.9. The number of carbonyl (C=O) groups excluding carboxylic acids is 1. The molecule has 1 amide bonds. The molecule has 5 heterocycles. The zero-order chi connectivity index (χ0) is 21.1. The van der Waals surface area contributed by atoms with Crippen molar-refractivity contribution in [3.8, 4) is 11.4 Å². The average molecular weight is 416 g/mol. The van der Waals surface area contributed by atoms with Crippen LogP contribution in [0.3, 0.4) is 0 Å². The summed E-state index contributed by atoms with van der Waals surface area (Å²) in [6.45, 7) is 3.65. The zero-order valence-corrected chi connectivity index (χ0v) is 17.6. The predicted molar refractivity (Wildman–Crippen MR) is 116 cm³/mol. The maximum Gasteiger partial charge on any atom is 0.257 e. The number of nitrogens with one attached hydrogen (secondary N) is 1. The van der Waals surface area contributed by atoms with Crippen LogP contribution < -0.4 is 5.32 Å². The number of hydrogen-bond acceptors (Lipinski definition) is 6. The number of anilines is 1. The van der Waals surface area contributed by atoms with Gasteiger partial charge in [-0.1, -0.05) is 0 Å². The Morgan fingerprint density at radius 3 is 2.52 bits per heavy atom. The first-order chi connectivity index (χ1) is 15.0. The van der Waals surface area contributed by atoms with Crippen molar-refractivity contribution in [1.29, 1.82) is 0 Å². The molecular formula is C23H24N6O2. The van der Waals surface area contributed by atoms with E-state index in [2.05, 4.69) is 20.6 Å². The van der Waals surface area contributed by atoms with E-state index in [0.29, 0.717) is 29.0 Å². The monoisotopic (exact) mass is 416 g/mol. The molecule has 158 valence electrons. The van der Waals surface area contributed by atoms with E-state index in [9.17, 15) is 4.79 Å². The lowest BCUT2D eigenvalue weighted by atomic mass is 10.0. The van der Waals surface area contributed by atoms with Gasteiger partial charge in [0.2, 0.25) is 0 Å². The zero-order valence-electron chi connectivity index (χ0n) is 17.6. The van der Waals surface area contributed by atoms with Crippen molar-refractivity contribution in [2.24, 2.45) is 18.9 Å². The molecule has 8 heteroatoms. The number of fused-ring (bicyclic) bond motifs is 3. The van der Waals surface area contributed by atoms with Gasteiger partial charge in [-0.25, -0.2) is 0 Å². The Morgan fingerprint density at radius 1 is 1.13 bits per heavy atom. The van der Waals surface area contributed by atoms with Crippen LogP contribution in [-0.4, -0.2) is 49.9 Å². The molecule has 6 rings (SSSR count). The average Bonchev–Trinajstić information content (AvgIpc) is 3.56. The standard InChI is InChI=1S/C23H24N6O2/c1-13-10-24-28(2)22(13)19-4-6-21(27-26-19)25-16-7-14-11-29(12-15(14)8-16)23(30)18-9-17-3-5-20(18)31-17/h3-6,9-10,14-16H,7-8,11-12H2,1-2H3,(H,25,27)/t14-,15?,16+/m1/s1. The SMILES string of the molecule is Cc1cnn(C)c1-c1ccc(N[C@@H]2CC3CN(C(=O)c4cc5ccc4o5)C[C@H]3C2)nn1. The summed E-state index contributed by atoms with van der Waals surface area (Å²) in [5.74, 6) is 1.95. The number of amides is 1. The number of carbonyl (C=O) groups is 1. The Morgan fingerprint density at radius 2 is 1.94 bits per heavy atom. The van der Waals surface area contributed by atoms with E-state index >= 15 is 0 Å². The highest BCUT2D eigenvalue weighted by molar-refractivity contribution is 6.02. The molecular weight excluding hydrogens is 392 g/mol. The van der Waals surface area contributed by atoms with Gasteiger partial charge in [-0.15, -0.1) is 10.2 Å². The summed E-state index contributed by atoms with van der Waals surface area (Å²) < 4.78 is 7.37. The molecule has 0 aromatic carbocycles. The maximum absolute atomic E-state index is 12.9. The number of benzene rings is 1. The molecule has 31 heavy (non-hydrogen) atoms. The lowest BCUT2D eigenvalue weighted by Gasteiger charge is -2.20. The molecule has 1 N–H and O–H groups in total. The van der Waals surface area contributed by atoms with Crippen LogP contribution in [0.15, 0.2) is 40.9 Å². The van der Waals surface area contributed by atoms with Gasteiger partial charge in [-0.3, -0.25) is 9.48 Å². The van der Waals surface area contributed by atoms with Crippen LogP contribution >= 0.6 is 0 Å². The number of aromatic nitrogens is 4. The lowest BCUT2D eigenvalue weighted by molar-refractivity contribution is 0.0781. The van der Waals surface area contributed by atoms with Gasteiger partial charge in [0, 0.05) is 26.2 Å². The minimum Gasteiger partial charge on any atom is -0.457 e. The molecule has 4 aromatic rings. The number of likely N-dealkylation sites (tertiary alicyclic amines) is 1. The quantitative estimate of drug-likeness (QED) is 0.549. The molecule has 1 unspecified atom stereocenters. The van der Waals surface area contributed by atoms with E-state index in [4.69, 9.17) is 4.42 Å². The molecule has 2 bridgehead atoms. The van der Waals surface area contributed by atoms with E-state index in [1.165, 1.54) is 0 Å². The fraction of sp³-hybridized carbons (Fsp3) is 0.391. The highest BCUT2D eigenvalue weighted by atomic mass is 16.3. The molecule has 0 spiro atoms. The van der Waals surface area contributed by atoms with Crippen LogP contribution in [0, 0.1) is 18.8 Å². The van der Waals surface area contributed by atoms with Crippen LogP contribution in [0.25, 0.3) is 22.6 Å². The van der Waals surface area contributed by atoms with E-state index in [-0.39, 0.29) is 5.91 Å². The van der Waals surface area contributed by atoms with Crippen molar-refractivity contribution in [2.75, 3.05) is 18.4 Å². The first-order valence-electron chi connectivity index (χ1n) is 10.8. The number of nitrogens with zero attached hydrogens (tertiary/aromatic N) is 5. The Labute approximate surface area is 179 Å². The van der Waals surface area contributed by atoms with Crippen LogP contribution in [-0.2, 0) is 7.05 Å². The summed E-state index contributed by atoms with van der Waals surface area (Å²) in [5, 5.41) is 16.6. The summed E-state index contributed by atoms with van der Waals surface area (Å²) in [5.41, 5.74) is 5.06. The van der Waals surface area contributed by atoms with Crippen molar-refractivity contribution in [3.63, 3.8) is 0 Å². The van der Waals surface area contributed by atoms with Gasteiger partial charge in [0.05, 0.1) is 17.5 Å². The fourth-order valence-corrected chi connectivity index (χ4v) is 5.37. The third-order valence-corrected chi connectivity index (χ3v) is 6.83. The molecule has 1 saturated carbocycles. The number of rotatable bonds is 4. The molecule has 2 aliphatic rings. The summed E-state index contributed by atoms with van der Waals surface area (Å²) in [6, 6.07) is 9.97. The number of aryl methyl sites for hydroxylation is 2. The minimum absolute atomic E-state index is 0.0974. The van der Waals surface area contributed by atoms with Gasteiger partial charge in [0.1, 0.15) is 22.7 Å². The first kappa shape index (κ1) is 18.4. The molecule has 1 aliphatic heterocycles. The van der Waals surface area contributed by atoms with E-state index in [1.54, 1.807) is 0 Å². The molecule has 4 aromatic heterocycles. The van der Waals surface area contributed by atoms with Gasteiger partial charge < -0.3 is 14.6 Å². The molecule has 1 saturated heterocycles. The topological polar surface area (TPSA) is 89.1 Å². The van der Waals surface area contributed by atoms with Crippen LogP contribution in [0.5, 0.6) is 0 Å². The van der Waals surface area contributed by atoms with Crippen molar-refractivity contribution >= 4 is 22.9 Å². The Hall–Kier alpha value is -3.42. The van der Waals surface area contributed by atoms with Crippen LogP contribution in [0.2, 0.25) is 0 Å². The Balaban J connectivity index is 1.08. The largest absolute Gasteiger partial charge is 0.457 e. The summed E-state index contributed by atoms with van der Waals surface area (Å²) in [4.78, 5) is 14.9. The van der Waals surface area contributed by atoms with Crippen molar-refractivity contribution in [1.82, 2.24) is 24.9 Å². The lowest BCUT2D eigenvalue weighted by Crippen LogP contribution is -2.31. The van der Waals surface area contributed by atoms with Crippen LogP contribution in [0.4, 0.5) is 5.82 Å². The highest BCUT2D eigenvalue weighted by Gasteiger charge is 2.43. The van der Waals surface area contributed by atoms with E-state index in [0.717, 1.165) is 54.3 Å². The minimum atomic E-state index is 0.0974. The smallest absolute Gasteiger partial charge is 0.257 e. The second kappa shape index (κ2) is 6.80. The van der Waals surface area contributed by atoms with Crippen molar-refractivity contribution in [3.05, 3.63) is 47.7 Å². The normalized spacial score (nSPS) is 23.0. The molecule has 1 aliphatic carbocycles. The van der Waals surface area contributed by atoms with Gasteiger partial charge in [0.15, 0.2) is 0 Å². The van der Waals surface area contributed by atoms with Gasteiger partial charge >= 0.3 is 0 Å². The summed E-state index contributed by atoms with van der Waals surface area (Å²) in [6.07, 6.45) is 3.92. The number of furan rings is 2. The third kappa shape index (κ3) is 3.05. The highest BCUT2D eigenvalue weighted by Crippen LogP contribution is 2.40. The van der Waals surface area contributed by atoms with Gasteiger partial charge in [-0.2, -0.15) is 5.10 Å². The molecule has 3 atom stereocenters. The summed E-state index contributed by atoms with van der Waals surface area (Å²) in [7, 11) is 1.91. The Kier molecular flexibility index (Phi) is 4.03. The summed E-state index contributed by atoms with van der Waals surface area (Å²) >= 11 is 0. The third-order valence-electron chi connectivity index (χ3n) is 6.83. The van der Waals surface area contributed by atoms with E-state index in [1.807, 2.05) is 60.1 Å². The first-order valence-corrected chi connectivity index (χ1v) is 10.8. The van der Waals surface area contributed by atoms with E-state index < -0.39 is 0 Å². The Bertz CT molecular complexity index is 1210. The van der Waals surface area contributed by atoms with Gasteiger partial charge in [0.25, 0.3) is 5.91 Å². The van der Waals surface area contributed by atoms with Crippen molar-refractivity contribution in [2.45, 2.75) is 25.8 Å². The molecule has 0 radical (unpaired) electrons. The fourth-order valence-electron chi connectivity index (χ4n) is 5.37. The number of hydrogen-bond donors (Lipinski definition) is 1. The van der Waals surface area contributed by atoms with Crippen LogP contribution in [0.1, 0.15) is 28.8 Å². The predicted octanol–water partition coefficient (Wildman–Crippen LogP) is 3.33. The molecule has 8 nitrogen and oxygen atoms in total. The second-order valence-electron chi connectivity index (χ2n) is 8.91. The molecule has 2 fully saturated rings. The second-order valence-corrected chi connectivity index (χ2v) is 8.91.